The summed E-state index contributed by atoms with van der Waals surface area (Å²) in [7, 11) is 0.851. The van der Waals surface area contributed by atoms with Gasteiger partial charge in [0.2, 0.25) is 0 Å². The fraction of sp³-hybridized carbons (Fsp3) is 0.778. The van der Waals surface area contributed by atoms with Crippen LogP contribution in [0.2, 0.25) is 0 Å². The van der Waals surface area contributed by atoms with Gasteiger partial charge in [-0.05, 0) is 19.3 Å². The van der Waals surface area contributed by atoms with Crippen LogP contribution in [0.3, 0.4) is 0 Å². The summed E-state index contributed by atoms with van der Waals surface area (Å²) >= 11 is 0. The van der Waals surface area contributed by atoms with Crippen molar-refractivity contribution in [2.75, 3.05) is 13.7 Å². The zero-order chi connectivity index (χ0) is 12.3. The highest BCUT2D eigenvalue weighted by molar-refractivity contribution is 5.79. The van der Waals surface area contributed by atoms with E-state index in [2.05, 4.69) is 4.74 Å². The standard InChI is InChI=1S/C9H13F2NO4/c1-16-7(13)9(10,11)6-4-2-3-5-12(6)8(14)15/h6H,2-5H2,1H3,(H,14,15). The Kier molecular flexibility index (Phi) is 3.66. The lowest BCUT2D eigenvalue weighted by molar-refractivity contribution is -0.179. The molecule has 1 saturated heterocycles. The van der Waals surface area contributed by atoms with Crippen LogP contribution in [0.4, 0.5) is 13.6 Å². The number of hydrogen-bond acceptors (Lipinski definition) is 3. The third-order valence-corrected chi connectivity index (χ3v) is 2.62. The van der Waals surface area contributed by atoms with Crippen molar-refractivity contribution >= 4 is 12.1 Å². The fourth-order valence-electron chi connectivity index (χ4n) is 1.81. The third kappa shape index (κ3) is 2.23. The second-order valence-corrected chi connectivity index (χ2v) is 3.60. The Morgan fingerprint density at radius 3 is 2.56 bits per heavy atom. The molecule has 0 aromatic carbocycles. The molecule has 1 atom stereocenters. The molecule has 1 aliphatic heterocycles. The molecule has 92 valence electrons. The smallest absolute Gasteiger partial charge is 0.407 e. The number of rotatable bonds is 2. The predicted molar refractivity (Wildman–Crippen MR) is 49.3 cm³/mol. The van der Waals surface area contributed by atoms with Crippen molar-refractivity contribution in [3.05, 3.63) is 0 Å². The number of carbonyl (C=O) groups is 2. The van der Waals surface area contributed by atoms with E-state index in [1.54, 1.807) is 0 Å². The quantitative estimate of drug-likeness (QED) is 0.735. The largest absolute Gasteiger partial charge is 0.465 e. The van der Waals surface area contributed by atoms with Gasteiger partial charge in [0.25, 0.3) is 0 Å². The van der Waals surface area contributed by atoms with Gasteiger partial charge in [0, 0.05) is 6.54 Å². The van der Waals surface area contributed by atoms with E-state index in [0.717, 1.165) is 7.11 Å². The molecule has 0 aromatic heterocycles. The maximum absolute atomic E-state index is 13.5. The zero-order valence-electron chi connectivity index (χ0n) is 8.78. The van der Waals surface area contributed by atoms with E-state index >= 15 is 0 Å². The number of likely N-dealkylation sites (tertiary alicyclic amines) is 1. The molecular weight excluding hydrogens is 224 g/mol. The lowest BCUT2D eigenvalue weighted by Crippen LogP contribution is -2.56. The van der Waals surface area contributed by atoms with Gasteiger partial charge in [-0.2, -0.15) is 8.78 Å². The highest BCUT2D eigenvalue weighted by atomic mass is 19.3. The van der Waals surface area contributed by atoms with E-state index in [0.29, 0.717) is 17.7 Å². The SMILES string of the molecule is COC(=O)C(F)(F)C1CCCCN1C(=O)O. The first-order chi connectivity index (χ1) is 7.41. The summed E-state index contributed by atoms with van der Waals surface area (Å²) in [6.07, 6.45) is -0.469. The Hall–Kier alpha value is -1.40. The van der Waals surface area contributed by atoms with Gasteiger partial charge in [-0.15, -0.1) is 0 Å². The number of carbonyl (C=O) groups excluding carboxylic acids is 1. The Morgan fingerprint density at radius 1 is 1.44 bits per heavy atom. The van der Waals surface area contributed by atoms with Crippen LogP contribution < -0.4 is 0 Å². The fourth-order valence-corrected chi connectivity index (χ4v) is 1.81. The minimum absolute atomic E-state index is 0.0204. The van der Waals surface area contributed by atoms with Gasteiger partial charge in [0.1, 0.15) is 6.04 Å². The summed E-state index contributed by atoms with van der Waals surface area (Å²) in [5, 5.41) is 8.77. The Balaban J connectivity index is 2.90. The summed E-state index contributed by atoms with van der Waals surface area (Å²) in [6.45, 7) is 0.0204. The van der Waals surface area contributed by atoms with Crippen molar-refractivity contribution < 1.29 is 28.2 Å². The maximum atomic E-state index is 13.5. The molecule has 5 nitrogen and oxygen atoms in total. The average molecular weight is 237 g/mol. The van der Waals surface area contributed by atoms with Crippen molar-refractivity contribution in [2.45, 2.75) is 31.2 Å². The summed E-state index contributed by atoms with van der Waals surface area (Å²) in [5.74, 6) is -5.47. The van der Waals surface area contributed by atoms with Crippen LogP contribution in [0.15, 0.2) is 0 Å². The average Bonchev–Trinajstić information content (AvgIpc) is 2.27. The van der Waals surface area contributed by atoms with E-state index in [9.17, 15) is 18.4 Å². The minimum atomic E-state index is -3.78. The summed E-state index contributed by atoms with van der Waals surface area (Å²) < 4.78 is 31.1. The lowest BCUT2D eigenvalue weighted by atomic mass is 9.97. The maximum Gasteiger partial charge on any atom is 0.407 e. The van der Waals surface area contributed by atoms with Crippen LogP contribution in [0.5, 0.6) is 0 Å². The van der Waals surface area contributed by atoms with Gasteiger partial charge in [-0.25, -0.2) is 9.59 Å². The monoisotopic (exact) mass is 237 g/mol. The molecule has 1 amide bonds. The molecule has 1 fully saturated rings. The molecule has 0 radical (unpaired) electrons. The first kappa shape index (κ1) is 12.7. The second kappa shape index (κ2) is 4.63. The van der Waals surface area contributed by atoms with Crippen LogP contribution in [-0.4, -0.2) is 47.7 Å². The molecule has 0 aliphatic carbocycles. The number of amides is 1. The molecular formula is C9H13F2NO4. The third-order valence-electron chi connectivity index (χ3n) is 2.62. The summed E-state index contributed by atoms with van der Waals surface area (Å²) in [5.41, 5.74) is 0. The van der Waals surface area contributed by atoms with E-state index < -0.39 is 24.0 Å². The number of carboxylic acid groups (broad SMARTS) is 1. The van der Waals surface area contributed by atoms with E-state index in [-0.39, 0.29) is 13.0 Å². The van der Waals surface area contributed by atoms with E-state index in [4.69, 9.17) is 5.11 Å². The molecule has 16 heavy (non-hydrogen) atoms. The van der Waals surface area contributed by atoms with Gasteiger partial charge in [-0.3, -0.25) is 4.90 Å². The lowest BCUT2D eigenvalue weighted by Gasteiger charge is -2.36. The van der Waals surface area contributed by atoms with Crippen molar-refractivity contribution in [2.24, 2.45) is 0 Å². The van der Waals surface area contributed by atoms with Crippen molar-refractivity contribution in [1.82, 2.24) is 4.90 Å². The summed E-state index contributed by atoms with van der Waals surface area (Å²) in [4.78, 5) is 22.3. The normalized spacial score (nSPS) is 21.7. The second-order valence-electron chi connectivity index (χ2n) is 3.60. The topological polar surface area (TPSA) is 66.8 Å². The highest BCUT2D eigenvalue weighted by Crippen LogP contribution is 2.31. The van der Waals surface area contributed by atoms with E-state index in [1.165, 1.54) is 0 Å². The first-order valence-corrected chi connectivity index (χ1v) is 4.87. The predicted octanol–water partition coefficient (Wildman–Crippen LogP) is 1.33. The number of piperidine rings is 1. The highest BCUT2D eigenvalue weighted by Gasteiger charge is 2.53. The number of hydrogen-bond donors (Lipinski definition) is 1. The molecule has 0 aromatic rings. The number of ether oxygens (including phenoxy) is 1. The van der Waals surface area contributed by atoms with Gasteiger partial charge in [0.15, 0.2) is 0 Å². The molecule has 1 N–H and O–H groups in total. The van der Waals surface area contributed by atoms with Crippen molar-refractivity contribution in [3.63, 3.8) is 0 Å². The number of methoxy groups -OCH3 is 1. The molecule has 7 heteroatoms. The van der Waals surface area contributed by atoms with Crippen molar-refractivity contribution in [1.29, 1.82) is 0 Å². The van der Waals surface area contributed by atoms with Crippen LogP contribution in [0.1, 0.15) is 19.3 Å². The van der Waals surface area contributed by atoms with Gasteiger partial charge in [-0.1, -0.05) is 0 Å². The van der Waals surface area contributed by atoms with Crippen molar-refractivity contribution in [3.8, 4) is 0 Å². The first-order valence-electron chi connectivity index (χ1n) is 4.87. The van der Waals surface area contributed by atoms with Crippen LogP contribution in [-0.2, 0) is 9.53 Å². The van der Waals surface area contributed by atoms with E-state index in [1.807, 2.05) is 0 Å². The molecule has 1 heterocycles. The zero-order valence-corrected chi connectivity index (χ0v) is 8.78. The number of esters is 1. The van der Waals surface area contributed by atoms with Crippen LogP contribution in [0, 0.1) is 0 Å². The molecule has 1 unspecified atom stereocenters. The van der Waals surface area contributed by atoms with Gasteiger partial charge >= 0.3 is 18.0 Å². The Labute approximate surface area is 91.0 Å². The molecule has 0 bridgehead atoms. The van der Waals surface area contributed by atoms with Gasteiger partial charge < -0.3 is 9.84 Å². The number of alkyl halides is 2. The molecule has 0 saturated carbocycles. The Bertz CT molecular complexity index is 295. The summed E-state index contributed by atoms with van der Waals surface area (Å²) in [6, 6.07) is -1.62. The van der Waals surface area contributed by atoms with Crippen LogP contribution in [0.25, 0.3) is 0 Å². The number of nitrogens with zero attached hydrogens (tertiary/aromatic N) is 1. The number of halogens is 2. The Morgan fingerprint density at radius 2 is 2.06 bits per heavy atom. The minimum Gasteiger partial charge on any atom is -0.465 e. The van der Waals surface area contributed by atoms with Gasteiger partial charge in [0.05, 0.1) is 7.11 Å². The molecule has 1 rings (SSSR count). The molecule has 0 spiro atoms. The molecule has 1 aliphatic rings. The van der Waals surface area contributed by atoms with Crippen LogP contribution >= 0.6 is 0 Å².